The van der Waals surface area contributed by atoms with E-state index in [1.807, 2.05) is 27.7 Å². The monoisotopic (exact) mass is 332 g/mol. The van der Waals surface area contributed by atoms with Crippen LogP contribution in [-0.4, -0.2) is 43.0 Å². The molecule has 1 atom stereocenters. The Bertz CT molecular complexity index is 450. The van der Waals surface area contributed by atoms with Crippen LogP contribution in [0.15, 0.2) is 42.0 Å². The quantitative estimate of drug-likeness (QED) is 0.647. The molecule has 0 aromatic heterocycles. The molecule has 0 spiro atoms. The summed E-state index contributed by atoms with van der Waals surface area (Å²) in [7, 11) is 6.59. The van der Waals surface area contributed by atoms with E-state index in [1.54, 1.807) is 5.57 Å². The maximum absolute atomic E-state index is 2.50. The van der Waals surface area contributed by atoms with E-state index in [4.69, 9.17) is 0 Å². The molecule has 24 heavy (non-hydrogen) atoms. The van der Waals surface area contributed by atoms with Gasteiger partial charge in [-0.25, -0.2) is 0 Å². The number of benzene rings is 1. The fraction of sp³-hybridized carbons (Fsp3) is 0.636. The van der Waals surface area contributed by atoms with Gasteiger partial charge < -0.3 is 4.90 Å². The zero-order chi connectivity index (χ0) is 18.6. The molecule has 0 aliphatic heterocycles. The summed E-state index contributed by atoms with van der Waals surface area (Å²) in [4.78, 5) is 4.77. The Morgan fingerprint density at radius 3 is 2.04 bits per heavy atom. The molecule has 1 aromatic rings. The highest BCUT2D eigenvalue weighted by atomic mass is 15.1. The second-order valence-electron chi connectivity index (χ2n) is 6.57. The van der Waals surface area contributed by atoms with Crippen LogP contribution in [0.5, 0.6) is 0 Å². The van der Waals surface area contributed by atoms with Crippen LogP contribution in [-0.2, 0) is 6.54 Å². The van der Waals surface area contributed by atoms with Gasteiger partial charge in [0.1, 0.15) is 0 Å². The first-order valence-electron chi connectivity index (χ1n) is 9.60. The molecule has 0 heterocycles. The molecule has 0 saturated carbocycles. The van der Waals surface area contributed by atoms with Gasteiger partial charge in [0, 0.05) is 18.6 Å². The molecule has 1 unspecified atom stereocenters. The highest BCUT2D eigenvalue weighted by Gasteiger charge is 2.27. The number of hydrogen-bond donors (Lipinski definition) is 0. The highest BCUT2D eigenvalue weighted by molar-refractivity contribution is 5.19. The second-order valence-corrected chi connectivity index (χ2v) is 6.57. The first kappa shape index (κ1) is 22.9. The predicted molar refractivity (Wildman–Crippen MR) is 109 cm³/mol. The topological polar surface area (TPSA) is 6.48 Å². The molecule has 2 rings (SSSR count). The number of rotatable bonds is 5. The largest absolute Gasteiger partial charge is 0.301 e. The normalized spacial score (nSPS) is 19.8. The molecular formula is C22H40N2. The maximum Gasteiger partial charge on any atom is 0.0360 e. The van der Waals surface area contributed by atoms with Crippen molar-refractivity contribution in [1.82, 2.24) is 9.80 Å². The summed E-state index contributed by atoms with van der Waals surface area (Å²) in [6.07, 6.45) is 6.33. The Kier molecular flexibility index (Phi) is 11.7. The van der Waals surface area contributed by atoms with Crippen LogP contribution in [0.4, 0.5) is 0 Å². The Balaban J connectivity index is 0.00000123. The third kappa shape index (κ3) is 7.63. The third-order valence-corrected chi connectivity index (χ3v) is 4.49. The number of nitrogens with zero attached hydrogens (tertiary/aromatic N) is 2. The van der Waals surface area contributed by atoms with Crippen LogP contribution in [0.3, 0.4) is 0 Å². The smallest absolute Gasteiger partial charge is 0.0360 e. The van der Waals surface area contributed by atoms with Gasteiger partial charge in [-0.15, -0.1) is 0 Å². The second kappa shape index (κ2) is 12.3. The molecule has 2 heteroatoms. The van der Waals surface area contributed by atoms with Crippen molar-refractivity contribution in [2.45, 2.75) is 66.0 Å². The van der Waals surface area contributed by atoms with E-state index in [2.05, 4.69) is 74.3 Å². The van der Waals surface area contributed by atoms with Crippen LogP contribution in [0.1, 0.15) is 59.4 Å². The number of likely N-dealkylation sites (N-methyl/N-ethyl adjacent to an activating group) is 2. The van der Waals surface area contributed by atoms with E-state index in [0.717, 1.165) is 13.1 Å². The van der Waals surface area contributed by atoms with Gasteiger partial charge in [-0.3, -0.25) is 4.90 Å². The van der Waals surface area contributed by atoms with Gasteiger partial charge in [0.05, 0.1) is 0 Å². The molecule has 0 fully saturated rings. The Labute approximate surface area is 151 Å². The van der Waals surface area contributed by atoms with Gasteiger partial charge in [-0.2, -0.15) is 0 Å². The van der Waals surface area contributed by atoms with Crippen LogP contribution in [0.25, 0.3) is 0 Å². The molecule has 0 bridgehead atoms. The van der Waals surface area contributed by atoms with Gasteiger partial charge in [0.15, 0.2) is 0 Å². The minimum Gasteiger partial charge on any atom is -0.301 e. The van der Waals surface area contributed by atoms with Crippen LogP contribution < -0.4 is 0 Å². The molecular weight excluding hydrogens is 292 g/mol. The van der Waals surface area contributed by atoms with Gasteiger partial charge in [0.2, 0.25) is 0 Å². The van der Waals surface area contributed by atoms with Crippen molar-refractivity contribution in [2.75, 3.05) is 27.7 Å². The average Bonchev–Trinajstić information content (AvgIpc) is 2.59. The maximum atomic E-state index is 2.50. The average molecular weight is 333 g/mol. The van der Waals surface area contributed by atoms with Gasteiger partial charge >= 0.3 is 0 Å². The first-order chi connectivity index (χ1) is 11.5. The van der Waals surface area contributed by atoms with Gasteiger partial charge in [-0.05, 0) is 52.9 Å². The zero-order valence-electron chi connectivity index (χ0n) is 17.4. The number of hydrogen-bond acceptors (Lipinski definition) is 2. The predicted octanol–water partition coefficient (Wildman–Crippen LogP) is 5.60. The lowest BCUT2D eigenvalue weighted by atomic mass is 9.84. The lowest BCUT2D eigenvalue weighted by Crippen LogP contribution is -2.41. The first-order valence-corrected chi connectivity index (χ1v) is 9.60. The molecule has 1 aliphatic carbocycles. The van der Waals surface area contributed by atoms with Crippen molar-refractivity contribution < 1.29 is 0 Å². The standard InChI is InChI=1S/C18H28N2.2C2H6/c1-18(19(2)3)12-8-11-17(13-18)15-20(4)14-16-9-6-5-7-10-16;2*1-2/h5-7,9-10,13H,8,11-12,14-15H2,1-4H3;2*1-2H3. The van der Waals surface area contributed by atoms with Crippen LogP contribution in [0, 0.1) is 0 Å². The third-order valence-electron chi connectivity index (χ3n) is 4.49. The van der Waals surface area contributed by atoms with E-state index < -0.39 is 0 Å². The molecule has 0 saturated heterocycles. The fourth-order valence-electron chi connectivity index (χ4n) is 3.03. The lowest BCUT2D eigenvalue weighted by molar-refractivity contribution is 0.199. The van der Waals surface area contributed by atoms with Crippen molar-refractivity contribution in [3.05, 3.63) is 47.5 Å². The molecule has 0 radical (unpaired) electrons. The Hall–Kier alpha value is -1.12. The van der Waals surface area contributed by atoms with Crippen molar-refractivity contribution in [1.29, 1.82) is 0 Å². The SMILES string of the molecule is CC.CC.CN(CC1=CC(C)(N(C)C)CCC1)Cc1ccccc1. The molecule has 2 nitrogen and oxygen atoms in total. The Morgan fingerprint density at radius 1 is 0.917 bits per heavy atom. The Morgan fingerprint density at radius 2 is 1.50 bits per heavy atom. The minimum atomic E-state index is 0.237. The summed E-state index contributed by atoms with van der Waals surface area (Å²) in [6.45, 7) is 12.5. The summed E-state index contributed by atoms with van der Waals surface area (Å²) in [5.41, 5.74) is 3.22. The minimum absolute atomic E-state index is 0.237. The molecule has 1 aromatic carbocycles. The molecule has 138 valence electrons. The fourth-order valence-corrected chi connectivity index (χ4v) is 3.03. The summed E-state index contributed by atoms with van der Waals surface area (Å²) in [6, 6.07) is 10.7. The van der Waals surface area contributed by atoms with Crippen molar-refractivity contribution in [3.8, 4) is 0 Å². The lowest BCUT2D eigenvalue weighted by Gasteiger charge is -2.38. The van der Waals surface area contributed by atoms with Crippen LogP contribution >= 0.6 is 0 Å². The van der Waals surface area contributed by atoms with E-state index in [0.29, 0.717) is 0 Å². The zero-order valence-corrected chi connectivity index (χ0v) is 17.4. The van der Waals surface area contributed by atoms with Crippen LogP contribution in [0.2, 0.25) is 0 Å². The summed E-state index contributed by atoms with van der Waals surface area (Å²) in [5, 5.41) is 0. The highest BCUT2D eigenvalue weighted by Crippen LogP contribution is 2.30. The van der Waals surface area contributed by atoms with Crippen molar-refractivity contribution in [2.24, 2.45) is 0 Å². The molecule has 0 N–H and O–H groups in total. The van der Waals surface area contributed by atoms with Crippen molar-refractivity contribution in [3.63, 3.8) is 0 Å². The van der Waals surface area contributed by atoms with E-state index in [-0.39, 0.29) is 5.54 Å². The van der Waals surface area contributed by atoms with E-state index in [9.17, 15) is 0 Å². The molecule has 0 amide bonds. The van der Waals surface area contributed by atoms with Crippen molar-refractivity contribution >= 4 is 0 Å². The van der Waals surface area contributed by atoms with E-state index in [1.165, 1.54) is 24.8 Å². The summed E-state index contributed by atoms with van der Waals surface area (Å²) < 4.78 is 0. The van der Waals surface area contributed by atoms with Gasteiger partial charge in [0.25, 0.3) is 0 Å². The van der Waals surface area contributed by atoms with E-state index >= 15 is 0 Å². The summed E-state index contributed by atoms with van der Waals surface area (Å²) in [5.74, 6) is 0. The summed E-state index contributed by atoms with van der Waals surface area (Å²) >= 11 is 0. The molecule has 1 aliphatic rings. The van der Waals surface area contributed by atoms with Gasteiger partial charge in [-0.1, -0.05) is 69.7 Å².